The van der Waals surface area contributed by atoms with Crippen LogP contribution >= 0.6 is 11.6 Å². The van der Waals surface area contributed by atoms with Gasteiger partial charge in [-0.3, -0.25) is 0 Å². The van der Waals surface area contributed by atoms with E-state index in [0.29, 0.717) is 22.2 Å². The fourth-order valence-corrected chi connectivity index (χ4v) is 3.18. The minimum Gasteiger partial charge on any atom is -0.337 e. The van der Waals surface area contributed by atoms with Gasteiger partial charge in [-0.05, 0) is 43.3 Å². The highest BCUT2D eigenvalue weighted by Crippen LogP contribution is 2.19. The number of rotatable bonds is 4. The van der Waals surface area contributed by atoms with Crippen LogP contribution in [0.1, 0.15) is 11.5 Å². The standard InChI is InChI=1S/C21H15ClN6O2/c1-13-2-4-14(5-3-13)17-10-11-18-25-27(21(29)28(18)24-17)12-19-23-20(26-30-19)15-6-8-16(22)9-7-15/h2-11H,12H2,1H3. The lowest BCUT2D eigenvalue weighted by atomic mass is 10.1. The molecule has 0 atom stereocenters. The molecule has 30 heavy (non-hydrogen) atoms. The number of hydrogen-bond acceptors (Lipinski definition) is 6. The number of aryl methyl sites for hydroxylation is 1. The van der Waals surface area contributed by atoms with E-state index in [2.05, 4.69) is 20.3 Å². The molecule has 3 heterocycles. The molecular weight excluding hydrogens is 404 g/mol. The first-order valence-corrected chi connectivity index (χ1v) is 9.57. The van der Waals surface area contributed by atoms with E-state index in [1.165, 1.54) is 9.20 Å². The number of fused-ring (bicyclic) bond motifs is 1. The second-order valence-electron chi connectivity index (χ2n) is 6.81. The quantitative estimate of drug-likeness (QED) is 0.442. The molecule has 0 aliphatic heterocycles. The van der Waals surface area contributed by atoms with Crippen LogP contribution in [0.4, 0.5) is 0 Å². The lowest BCUT2D eigenvalue weighted by Crippen LogP contribution is -2.23. The summed E-state index contributed by atoms with van der Waals surface area (Å²) in [6.07, 6.45) is 0. The molecule has 5 rings (SSSR count). The Labute approximate surface area is 175 Å². The number of benzene rings is 2. The number of aromatic nitrogens is 6. The highest BCUT2D eigenvalue weighted by Gasteiger charge is 2.14. The zero-order valence-electron chi connectivity index (χ0n) is 15.9. The minimum atomic E-state index is -0.384. The summed E-state index contributed by atoms with van der Waals surface area (Å²) in [5, 5.41) is 13.3. The van der Waals surface area contributed by atoms with Crippen LogP contribution < -0.4 is 5.69 Å². The predicted molar refractivity (Wildman–Crippen MR) is 111 cm³/mol. The van der Waals surface area contributed by atoms with Crippen molar-refractivity contribution in [3.05, 3.63) is 87.6 Å². The maximum absolute atomic E-state index is 12.8. The third-order valence-corrected chi connectivity index (χ3v) is 4.90. The predicted octanol–water partition coefficient (Wildman–Crippen LogP) is 3.62. The molecule has 0 N–H and O–H groups in total. The topological polar surface area (TPSA) is 91.1 Å². The van der Waals surface area contributed by atoms with E-state index in [-0.39, 0.29) is 18.1 Å². The van der Waals surface area contributed by atoms with E-state index in [1.807, 2.05) is 37.3 Å². The molecule has 0 spiro atoms. The largest absolute Gasteiger partial charge is 0.367 e. The van der Waals surface area contributed by atoms with Gasteiger partial charge in [0.05, 0.1) is 5.69 Å². The van der Waals surface area contributed by atoms with Gasteiger partial charge in [-0.1, -0.05) is 46.6 Å². The first-order chi connectivity index (χ1) is 14.6. The van der Waals surface area contributed by atoms with Crippen LogP contribution in [0.5, 0.6) is 0 Å². The van der Waals surface area contributed by atoms with Gasteiger partial charge in [-0.2, -0.15) is 14.6 Å². The Balaban J connectivity index is 1.45. The average molecular weight is 419 g/mol. The summed E-state index contributed by atoms with van der Waals surface area (Å²) in [6, 6.07) is 18.6. The van der Waals surface area contributed by atoms with Crippen molar-refractivity contribution in [1.29, 1.82) is 0 Å². The fraction of sp³-hybridized carbons (Fsp3) is 0.0952. The zero-order valence-corrected chi connectivity index (χ0v) is 16.6. The van der Waals surface area contributed by atoms with Gasteiger partial charge in [0.25, 0.3) is 0 Å². The van der Waals surface area contributed by atoms with Gasteiger partial charge in [-0.15, -0.1) is 5.10 Å². The second-order valence-corrected chi connectivity index (χ2v) is 7.25. The molecule has 9 heteroatoms. The Morgan fingerprint density at radius 3 is 2.43 bits per heavy atom. The van der Waals surface area contributed by atoms with Gasteiger partial charge < -0.3 is 4.52 Å². The van der Waals surface area contributed by atoms with Crippen LogP contribution in [0, 0.1) is 6.92 Å². The van der Waals surface area contributed by atoms with Crippen molar-refractivity contribution in [2.24, 2.45) is 0 Å². The van der Waals surface area contributed by atoms with Crippen LogP contribution in [-0.4, -0.2) is 29.5 Å². The molecule has 5 aromatic rings. The summed E-state index contributed by atoms with van der Waals surface area (Å²) in [5.41, 5.74) is 3.58. The summed E-state index contributed by atoms with van der Waals surface area (Å²) in [7, 11) is 0. The Bertz CT molecular complexity index is 1400. The van der Waals surface area contributed by atoms with Crippen molar-refractivity contribution in [3.8, 4) is 22.6 Å². The van der Waals surface area contributed by atoms with Crippen molar-refractivity contribution >= 4 is 17.2 Å². The third kappa shape index (κ3) is 3.37. The highest BCUT2D eigenvalue weighted by molar-refractivity contribution is 6.30. The van der Waals surface area contributed by atoms with Crippen molar-refractivity contribution < 1.29 is 4.52 Å². The molecule has 0 aliphatic carbocycles. The van der Waals surface area contributed by atoms with E-state index < -0.39 is 0 Å². The minimum absolute atomic E-state index is 0.0443. The van der Waals surface area contributed by atoms with Crippen LogP contribution in [0.25, 0.3) is 28.3 Å². The lowest BCUT2D eigenvalue weighted by Gasteiger charge is -2.01. The summed E-state index contributed by atoms with van der Waals surface area (Å²) >= 11 is 5.91. The Morgan fingerprint density at radius 2 is 1.67 bits per heavy atom. The SMILES string of the molecule is Cc1ccc(-c2ccc3nn(Cc4nc(-c5ccc(Cl)cc5)no4)c(=O)n3n2)cc1. The molecular formula is C21H15ClN6O2. The van der Waals surface area contributed by atoms with E-state index in [1.54, 1.807) is 30.3 Å². The second kappa shape index (κ2) is 7.23. The summed E-state index contributed by atoms with van der Waals surface area (Å²) in [5.74, 6) is 0.683. The third-order valence-electron chi connectivity index (χ3n) is 4.64. The van der Waals surface area contributed by atoms with E-state index in [0.717, 1.165) is 16.7 Å². The fourth-order valence-electron chi connectivity index (χ4n) is 3.05. The molecule has 0 saturated heterocycles. The van der Waals surface area contributed by atoms with Gasteiger partial charge in [0, 0.05) is 16.1 Å². The van der Waals surface area contributed by atoms with Crippen LogP contribution in [-0.2, 0) is 6.54 Å². The molecule has 0 unspecified atom stereocenters. The van der Waals surface area contributed by atoms with Crippen molar-refractivity contribution in [1.82, 2.24) is 29.5 Å². The summed E-state index contributed by atoms with van der Waals surface area (Å²) < 4.78 is 7.80. The van der Waals surface area contributed by atoms with Gasteiger partial charge in [0.1, 0.15) is 6.54 Å². The van der Waals surface area contributed by atoms with Crippen molar-refractivity contribution in [2.75, 3.05) is 0 Å². The van der Waals surface area contributed by atoms with Crippen molar-refractivity contribution in [2.45, 2.75) is 13.5 Å². The molecule has 0 saturated carbocycles. The van der Waals surface area contributed by atoms with Crippen LogP contribution in [0.3, 0.4) is 0 Å². The van der Waals surface area contributed by atoms with Gasteiger partial charge in [0.2, 0.25) is 11.7 Å². The normalized spacial score (nSPS) is 11.3. The summed E-state index contributed by atoms with van der Waals surface area (Å²) in [6.45, 7) is 2.06. The van der Waals surface area contributed by atoms with Gasteiger partial charge in [0.15, 0.2) is 5.65 Å². The highest BCUT2D eigenvalue weighted by atomic mass is 35.5. The van der Waals surface area contributed by atoms with Crippen molar-refractivity contribution in [3.63, 3.8) is 0 Å². The Kier molecular flexibility index (Phi) is 4.40. The molecule has 0 amide bonds. The first kappa shape index (κ1) is 18.3. The van der Waals surface area contributed by atoms with E-state index in [4.69, 9.17) is 16.1 Å². The number of hydrogen-bond donors (Lipinski definition) is 0. The lowest BCUT2D eigenvalue weighted by molar-refractivity contribution is 0.364. The van der Waals surface area contributed by atoms with Crippen LogP contribution in [0.15, 0.2) is 70.0 Å². The molecule has 148 valence electrons. The molecule has 0 radical (unpaired) electrons. The van der Waals surface area contributed by atoms with E-state index in [9.17, 15) is 4.79 Å². The molecule has 2 aromatic carbocycles. The van der Waals surface area contributed by atoms with Crippen LogP contribution in [0.2, 0.25) is 5.02 Å². The Morgan fingerprint density at radius 1 is 0.933 bits per heavy atom. The molecule has 3 aromatic heterocycles. The van der Waals surface area contributed by atoms with Gasteiger partial charge in [-0.25, -0.2) is 9.48 Å². The Hall–Kier alpha value is -3.78. The first-order valence-electron chi connectivity index (χ1n) is 9.19. The monoisotopic (exact) mass is 418 g/mol. The smallest absolute Gasteiger partial charge is 0.337 e. The summed E-state index contributed by atoms with van der Waals surface area (Å²) in [4.78, 5) is 17.1. The number of halogens is 1. The maximum Gasteiger partial charge on any atom is 0.367 e. The average Bonchev–Trinajstić information content (AvgIpc) is 3.34. The zero-order chi connectivity index (χ0) is 20.7. The van der Waals surface area contributed by atoms with Gasteiger partial charge >= 0.3 is 5.69 Å². The molecule has 8 nitrogen and oxygen atoms in total. The van der Waals surface area contributed by atoms with E-state index >= 15 is 0 Å². The maximum atomic E-state index is 12.8. The number of nitrogens with zero attached hydrogens (tertiary/aromatic N) is 6. The molecule has 0 aliphatic rings. The molecule has 0 fully saturated rings. The molecule has 0 bridgehead atoms.